The topological polar surface area (TPSA) is 77.5 Å². The van der Waals surface area contributed by atoms with Crippen molar-refractivity contribution >= 4 is 11.6 Å². The molecule has 1 amide bonds. The molecule has 19 heavy (non-hydrogen) atoms. The molecular weight excluding hydrogens is 244 g/mol. The van der Waals surface area contributed by atoms with Gasteiger partial charge in [0, 0.05) is 0 Å². The second-order valence-electron chi connectivity index (χ2n) is 3.85. The fraction of sp³-hybridized carbons (Fsp3) is 0.214. The molecule has 2 rings (SSSR count). The lowest BCUT2D eigenvalue weighted by Crippen LogP contribution is -2.12. The van der Waals surface area contributed by atoms with Gasteiger partial charge in [-0.15, -0.1) is 0 Å². The van der Waals surface area contributed by atoms with Gasteiger partial charge >= 0.3 is 0 Å². The van der Waals surface area contributed by atoms with E-state index in [0.717, 1.165) is 0 Å². The van der Waals surface area contributed by atoms with Gasteiger partial charge in [0.1, 0.15) is 11.5 Å². The van der Waals surface area contributed by atoms with Crippen LogP contribution in [0.2, 0.25) is 0 Å². The number of carbonyl (C=O) groups excluding carboxylic acids is 1. The fourth-order valence-corrected chi connectivity index (χ4v) is 1.64. The van der Waals surface area contributed by atoms with Crippen LogP contribution < -0.4 is 15.8 Å². The van der Waals surface area contributed by atoms with E-state index in [1.165, 1.54) is 0 Å². The molecule has 2 aromatic rings. The van der Waals surface area contributed by atoms with Gasteiger partial charge < -0.3 is 20.2 Å². The molecule has 0 saturated carbocycles. The molecule has 0 aliphatic carbocycles. The highest BCUT2D eigenvalue weighted by molar-refractivity contribution is 6.03. The average molecular weight is 260 g/mol. The van der Waals surface area contributed by atoms with Crippen LogP contribution in [0.25, 0.3) is 0 Å². The maximum atomic E-state index is 12.0. The van der Waals surface area contributed by atoms with Crippen LogP contribution in [0.5, 0.6) is 5.75 Å². The van der Waals surface area contributed by atoms with E-state index in [1.807, 2.05) is 19.1 Å². The normalized spacial score (nSPS) is 10.2. The molecule has 5 heteroatoms. The number of hydrogen-bond acceptors (Lipinski definition) is 4. The Kier molecular flexibility index (Phi) is 4.20. The Bertz CT molecular complexity index is 563. The van der Waals surface area contributed by atoms with Crippen LogP contribution in [0, 0.1) is 0 Å². The number of benzene rings is 1. The molecule has 1 heterocycles. The Morgan fingerprint density at radius 2 is 2.11 bits per heavy atom. The van der Waals surface area contributed by atoms with Crippen molar-refractivity contribution in [2.24, 2.45) is 5.73 Å². The van der Waals surface area contributed by atoms with E-state index in [2.05, 4.69) is 5.32 Å². The molecule has 0 spiro atoms. The molecule has 0 aliphatic rings. The Hall–Kier alpha value is -2.27. The lowest BCUT2D eigenvalue weighted by atomic mass is 10.3. The van der Waals surface area contributed by atoms with Crippen molar-refractivity contribution in [2.75, 3.05) is 11.9 Å². The van der Waals surface area contributed by atoms with Crippen molar-refractivity contribution in [3.8, 4) is 5.75 Å². The smallest absolute Gasteiger partial charge is 0.291 e. The van der Waals surface area contributed by atoms with Gasteiger partial charge in [0.05, 0.1) is 18.8 Å². The summed E-state index contributed by atoms with van der Waals surface area (Å²) in [6, 6.07) is 10.5. The van der Waals surface area contributed by atoms with Gasteiger partial charge in [-0.2, -0.15) is 0 Å². The highest BCUT2D eigenvalue weighted by atomic mass is 16.5. The van der Waals surface area contributed by atoms with Crippen molar-refractivity contribution in [3.05, 3.63) is 47.9 Å². The van der Waals surface area contributed by atoms with E-state index >= 15 is 0 Å². The largest absolute Gasteiger partial charge is 0.492 e. The summed E-state index contributed by atoms with van der Waals surface area (Å²) in [5, 5.41) is 2.75. The number of rotatable bonds is 5. The van der Waals surface area contributed by atoms with E-state index in [9.17, 15) is 4.79 Å². The number of anilines is 1. The van der Waals surface area contributed by atoms with Crippen LogP contribution in [-0.4, -0.2) is 12.5 Å². The monoisotopic (exact) mass is 260 g/mol. The van der Waals surface area contributed by atoms with Gasteiger partial charge in [-0.25, -0.2) is 0 Å². The first-order valence-electron chi connectivity index (χ1n) is 6.06. The summed E-state index contributed by atoms with van der Waals surface area (Å²) in [6.45, 7) is 2.69. The summed E-state index contributed by atoms with van der Waals surface area (Å²) < 4.78 is 10.7. The zero-order valence-corrected chi connectivity index (χ0v) is 10.7. The molecule has 3 N–H and O–H groups in total. The summed E-state index contributed by atoms with van der Waals surface area (Å²) in [5.74, 6) is 1.10. The van der Waals surface area contributed by atoms with Crippen LogP contribution >= 0.6 is 0 Å². The number of hydrogen-bond donors (Lipinski definition) is 2. The number of para-hydroxylation sites is 2. The molecule has 5 nitrogen and oxygen atoms in total. The third kappa shape index (κ3) is 3.14. The second-order valence-corrected chi connectivity index (χ2v) is 3.85. The highest BCUT2D eigenvalue weighted by Gasteiger charge is 2.13. The summed E-state index contributed by atoms with van der Waals surface area (Å²) in [6.07, 6.45) is 0. The van der Waals surface area contributed by atoms with E-state index < -0.39 is 0 Å². The van der Waals surface area contributed by atoms with Gasteiger partial charge in [0.2, 0.25) is 0 Å². The molecule has 0 unspecified atom stereocenters. The number of nitrogens with one attached hydrogen (secondary N) is 1. The minimum absolute atomic E-state index is 0.228. The van der Waals surface area contributed by atoms with Crippen LogP contribution in [0.1, 0.15) is 23.2 Å². The molecule has 1 aromatic carbocycles. The van der Waals surface area contributed by atoms with Gasteiger partial charge in [-0.1, -0.05) is 12.1 Å². The Morgan fingerprint density at radius 1 is 1.32 bits per heavy atom. The molecule has 0 fully saturated rings. The minimum Gasteiger partial charge on any atom is -0.492 e. The summed E-state index contributed by atoms with van der Waals surface area (Å²) in [4.78, 5) is 12.0. The van der Waals surface area contributed by atoms with E-state index in [4.69, 9.17) is 14.9 Å². The van der Waals surface area contributed by atoms with E-state index in [0.29, 0.717) is 23.8 Å². The first kappa shape index (κ1) is 13.2. The Balaban J connectivity index is 2.14. The lowest BCUT2D eigenvalue weighted by Gasteiger charge is -2.10. The van der Waals surface area contributed by atoms with Crippen LogP contribution in [0.15, 0.2) is 40.8 Å². The van der Waals surface area contributed by atoms with Gasteiger partial charge in [-0.3, -0.25) is 4.79 Å². The van der Waals surface area contributed by atoms with Gasteiger partial charge in [0.15, 0.2) is 5.76 Å². The second kappa shape index (κ2) is 6.06. The van der Waals surface area contributed by atoms with Gasteiger partial charge in [-0.05, 0) is 31.2 Å². The number of furan rings is 1. The minimum atomic E-state index is -0.327. The molecule has 0 atom stereocenters. The molecule has 0 saturated heterocycles. The molecule has 0 radical (unpaired) electrons. The standard InChI is InChI=1S/C14H16N2O3/c1-2-18-12-6-4-3-5-11(12)16-14(17)13-8-7-10(9-15)19-13/h3-8H,2,9,15H2,1H3,(H,16,17). The zero-order valence-electron chi connectivity index (χ0n) is 10.7. The van der Waals surface area contributed by atoms with Gasteiger partial charge in [0.25, 0.3) is 5.91 Å². The Labute approximate surface area is 111 Å². The van der Waals surface area contributed by atoms with Crippen LogP contribution in [0.4, 0.5) is 5.69 Å². The third-order valence-electron chi connectivity index (χ3n) is 2.52. The van der Waals surface area contributed by atoms with Crippen molar-refractivity contribution in [1.82, 2.24) is 0 Å². The van der Waals surface area contributed by atoms with E-state index in [1.54, 1.807) is 24.3 Å². The summed E-state index contributed by atoms with van der Waals surface area (Å²) in [7, 11) is 0. The predicted octanol–water partition coefficient (Wildman–Crippen LogP) is 2.39. The molecule has 1 aromatic heterocycles. The highest BCUT2D eigenvalue weighted by Crippen LogP contribution is 2.24. The first-order chi connectivity index (χ1) is 9.24. The van der Waals surface area contributed by atoms with Crippen LogP contribution in [0.3, 0.4) is 0 Å². The predicted molar refractivity (Wildman–Crippen MR) is 72.2 cm³/mol. The zero-order chi connectivity index (χ0) is 13.7. The van der Waals surface area contributed by atoms with E-state index in [-0.39, 0.29) is 18.2 Å². The number of ether oxygens (including phenoxy) is 1. The molecule has 100 valence electrons. The Morgan fingerprint density at radius 3 is 2.79 bits per heavy atom. The fourth-order valence-electron chi connectivity index (χ4n) is 1.64. The lowest BCUT2D eigenvalue weighted by molar-refractivity contribution is 0.0994. The van der Waals surface area contributed by atoms with Crippen molar-refractivity contribution in [2.45, 2.75) is 13.5 Å². The van der Waals surface area contributed by atoms with Crippen molar-refractivity contribution in [1.29, 1.82) is 0 Å². The summed E-state index contributed by atoms with van der Waals surface area (Å²) in [5.41, 5.74) is 6.05. The summed E-state index contributed by atoms with van der Waals surface area (Å²) >= 11 is 0. The molecule has 0 bridgehead atoms. The molecular formula is C14H16N2O3. The quantitative estimate of drug-likeness (QED) is 0.865. The first-order valence-corrected chi connectivity index (χ1v) is 6.06. The number of nitrogens with two attached hydrogens (primary N) is 1. The van der Waals surface area contributed by atoms with Crippen molar-refractivity contribution in [3.63, 3.8) is 0 Å². The average Bonchev–Trinajstić information content (AvgIpc) is 2.90. The SMILES string of the molecule is CCOc1ccccc1NC(=O)c1ccc(CN)o1. The number of amides is 1. The van der Waals surface area contributed by atoms with Crippen molar-refractivity contribution < 1.29 is 13.9 Å². The molecule has 0 aliphatic heterocycles. The van der Waals surface area contributed by atoms with Crippen LogP contribution in [-0.2, 0) is 6.54 Å². The maximum Gasteiger partial charge on any atom is 0.291 e. The maximum absolute atomic E-state index is 12.0. The third-order valence-corrected chi connectivity index (χ3v) is 2.52. The number of carbonyl (C=O) groups is 1.